The first-order valence-corrected chi connectivity index (χ1v) is 7.16. The number of amides is 2. The molecule has 4 N–H and O–H groups in total. The monoisotopic (exact) mass is 279 g/mol. The van der Waals surface area contributed by atoms with E-state index < -0.39 is 5.91 Å². The van der Waals surface area contributed by atoms with Crippen LogP contribution in [0.5, 0.6) is 0 Å². The summed E-state index contributed by atoms with van der Waals surface area (Å²) in [5.74, 6) is -0.0948. The second-order valence-electron chi connectivity index (χ2n) is 4.50. The van der Waals surface area contributed by atoms with Crippen LogP contribution in [0.1, 0.15) is 23.2 Å². The van der Waals surface area contributed by atoms with Crippen LogP contribution < -0.4 is 11.5 Å². The summed E-state index contributed by atoms with van der Waals surface area (Å²) >= 11 is 1.33. The van der Waals surface area contributed by atoms with Gasteiger partial charge in [0.15, 0.2) is 0 Å². The zero-order valence-corrected chi connectivity index (χ0v) is 11.4. The maximum Gasteiger partial charge on any atom is 0.249 e. The molecule has 1 saturated heterocycles. The van der Waals surface area contributed by atoms with E-state index in [4.69, 9.17) is 11.5 Å². The molecule has 2 amide bonds. The third-order valence-corrected chi connectivity index (χ3v) is 4.14. The van der Waals surface area contributed by atoms with E-state index in [-0.39, 0.29) is 5.91 Å². The molecule has 1 heterocycles. The summed E-state index contributed by atoms with van der Waals surface area (Å²) in [4.78, 5) is 25.8. The van der Waals surface area contributed by atoms with Gasteiger partial charge in [0.05, 0.1) is 11.3 Å². The first-order valence-electron chi connectivity index (χ1n) is 6.18. The van der Waals surface area contributed by atoms with Crippen molar-refractivity contribution in [1.82, 2.24) is 4.90 Å². The Morgan fingerprint density at radius 1 is 1.26 bits per heavy atom. The molecule has 0 spiro atoms. The second kappa shape index (κ2) is 5.97. The Labute approximate surface area is 116 Å². The van der Waals surface area contributed by atoms with Gasteiger partial charge < -0.3 is 16.4 Å². The van der Waals surface area contributed by atoms with Crippen molar-refractivity contribution in [3.05, 3.63) is 23.8 Å². The zero-order valence-electron chi connectivity index (χ0n) is 10.6. The molecular weight excluding hydrogens is 262 g/mol. The number of nitrogens with two attached hydrogens (primary N) is 2. The number of hydrogen-bond donors (Lipinski definition) is 2. The molecule has 1 aliphatic heterocycles. The van der Waals surface area contributed by atoms with Crippen molar-refractivity contribution in [2.24, 2.45) is 5.73 Å². The molecule has 0 radical (unpaired) electrons. The number of benzene rings is 1. The summed E-state index contributed by atoms with van der Waals surface area (Å²) < 4.78 is 0. The summed E-state index contributed by atoms with van der Waals surface area (Å²) in [5.41, 5.74) is 11.8. The number of nitrogens with zero attached hydrogens (tertiary/aromatic N) is 1. The van der Waals surface area contributed by atoms with E-state index >= 15 is 0 Å². The molecule has 0 atom stereocenters. The van der Waals surface area contributed by atoms with Gasteiger partial charge in [0.1, 0.15) is 0 Å². The Kier molecular flexibility index (Phi) is 4.31. The fourth-order valence-corrected chi connectivity index (χ4v) is 3.00. The minimum Gasteiger partial charge on any atom is -0.399 e. The number of nitrogen functional groups attached to an aromatic ring is 1. The molecule has 0 bridgehead atoms. The number of rotatable bonds is 4. The number of thioether (sulfide) groups is 1. The maximum atomic E-state index is 11.9. The molecule has 5 nitrogen and oxygen atoms in total. The fraction of sp³-hybridized carbons (Fsp3) is 0.385. The fourth-order valence-electron chi connectivity index (χ4n) is 2.06. The molecule has 0 unspecified atom stereocenters. The lowest BCUT2D eigenvalue weighted by Gasteiger charge is -2.15. The minimum absolute atomic E-state index is 0.106. The third-order valence-electron chi connectivity index (χ3n) is 3.08. The Hall–Kier alpha value is -1.69. The highest BCUT2D eigenvalue weighted by Crippen LogP contribution is 2.25. The lowest BCUT2D eigenvalue weighted by Crippen LogP contribution is -2.29. The van der Waals surface area contributed by atoms with Gasteiger partial charge in [-0.1, -0.05) is 0 Å². The normalized spacial score (nSPS) is 14.6. The highest BCUT2D eigenvalue weighted by Gasteiger charge is 2.18. The largest absolute Gasteiger partial charge is 0.399 e. The van der Waals surface area contributed by atoms with E-state index in [9.17, 15) is 9.59 Å². The van der Waals surface area contributed by atoms with Gasteiger partial charge in [0, 0.05) is 23.7 Å². The molecule has 1 aliphatic rings. The number of anilines is 1. The molecule has 1 aromatic rings. The molecule has 102 valence electrons. The summed E-state index contributed by atoms with van der Waals surface area (Å²) in [5, 5.41) is 0. The van der Waals surface area contributed by atoms with Crippen LogP contribution >= 0.6 is 11.8 Å². The molecule has 1 fully saturated rings. The lowest BCUT2D eigenvalue weighted by atomic mass is 10.2. The molecule has 1 aromatic carbocycles. The van der Waals surface area contributed by atoms with E-state index in [2.05, 4.69) is 0 Å². The predicted octanol–water partition coefficient (Wildman–Crippen LogP) is 1.08. The van der Waals surface area contributed by atoms with Crippen LogP contribution in [-0.2, 0) is 4.79 Å². The van der Waals surface area contributed by atoms with Crippen LogP contribution in [0.15, 0.2) is 23.1 Å². The van der Waals surface area contributed by atoms with Crippen molar-refractivity contribution in [2.45, 2.75) is 17.7 Å². The third kappa shape index (κ3) is 3.41. The van der Waals surface area contributed by atoms with Crippen molar-refractivity contribution in [2.75, 3.05) is 24.6 Å². The van der Waals surface area contributed by atoms with Crippen molar-refractivity contribution in [3.63, 3.8) is 0 Å². The Balaban J connectivity index is 2.02. The van der Waals surface area contributed by atoms with E-state index in [1.807, 2.05) is 4.90 Å². The van der Waals surface area contributed by atoms with E-state index in [1.165, 1.54) is 11.8 Å². The average Bonchev–Trinajstić information content (AvgIpc) is 2.90. The van der Waals surface area contributed by atoms with Gasteiger partial charge >= 0.3 is 0 Å². The summed E-state index contributed by atoms with van der Waals surface area (Å²) in [6.45, 7) is 1.67. The highest BCUT2D eigenvalue weighted by molar-refractivity contribution is 8.00. The minimum atomic E-state index is -0.525. The zero-order chi connectivity index (χ0) is 13.8. The smallest absolute Gasteiger partial charge is 0.249 e. The van der Waals surface area contributed by atoms with E-state index in [0.29, 0.717) is 21.9 Å². The molecule has 0 aliphatic carbocycles. The Bertz CT molecular complexity index is 499. The SMILES string of the molecule is NC(=O)c1cc(N)ccc1SCC(=O)N1CCCC1. The molecule has 0 aromatic heterocycles. The Morgan fingerprint density at radius 2 is 1.95 bits per heavy atom. The van der Waals surface area contributed by atoms with Gasteiger partial charge in [-0.15, -0.1) is 11.8 Å². The van der Waals surface area contributed by atoms with Crippen LogP contribution in [0, 0.1) is 0 Å². The van der Waals surface area contributed by atoms with Crippen LogP contribution in [0.3, 0.4) is 0 Å². The van der Waals surface area contributed by atoms with Crippen molar-refractivity contribution in [3.8, 4) is 0 Å². The standard InChI is InChI=1S/C13H17N3O2S/c14-9-3-4-11(10(7-9)13(15)18)19-8-12(17)16-5-1-2-6-16/h3-4,7H,1-2,5-6,8,14H2,(H2,15,18). The van der Waals surface area contributed by atoms with Crippen LogP contribution in [0.2, 0.25) is 0 Å². The van der Waals surface area contributed by atoms with E-state index in [0.717, 1.165) is 25.9 Å². The summed E-state index contributed by atoms with van der Waals surface area (Å²) in [6, 6.07) is 4.98. The maximum absolute atomic E-state index is 11.9. The number of primary amides is 1. The topological polar surface area (TPSA) is 89.4 Å². The number of carbonyl (C=O) groups excluding carboxylic acids is 2. The van der Waals surface area contributed by atoms with Gasteiger partial charge in [-0.25, -0.2) is 0 Å². The van der Waals surface area contributed by atoms with Crippen molar-refractivity contribution < 1.29 is 9.59 Å². The van der Waals surface area contributed by atoms with Crippen LogP contribution in [-0.4, -0.2) is 35.6 Å². The molecular formula is C13H17N3O2S. The molecule has 0 saturated carbocycles. The summed E-state index contributed by atoms with van der Waals surface area (Å²) in [7, 11) is 0. The predicted molar refractivity (Wildman–Crippen MR) is 75.9 cm³/mol. The van der Waals surface area contributed by atoms with Crippen molar-refractivity contribution >= 4 is 29.3 Å². The van der Waals surface area contributed by atoms with Gasteiger partial charge in [-0.2, -0.15) is 0 Å². The first kappa shape index (κ1) is 13.7. The Morgan fingerprint density at radius 3 is 2.58 bits per heavy atom. The van der Waals surface area contributed by atoms with Gasteiger partial charge in [0.25, 0.3) is 0 Å². The summed E-state index contributed by atoms with van der Waals surface area (Å²) in [6.07, 6.45) is 2.15. The quantitative estimate of drug-likeness (QED) is 0.637. The van der Waals surface area contributed by atoms with Gasteiger partial charge in [0.2, 0.25) is 11.8 Å². The van der Waals surface area contributed by atoms with Crippen LogP contribution in [0.25, 0.3) is 0 Å². The van der Waals surface area contributed by atoms with Gasteiger partial charge in [-0.05, 0) is 31.0 Å². The molecule has 2 rings (SSSR count). The molecule has 6 heteroatoms. The number of likely N-dealkylation sites (tertiary alicyclic amines) is 1. The first-order chi connectivity index (χ1) is 9.08. The molecule has 19 heavy (non-hydrogen) atoms. The van der Waals surface area contributed by atoms with Gasteiger partial charge in [-0.3, -0.25) is 9.59 Å². The second-order valence-corrected chi connectivity index (χ2v) is 5.51. The number of carbonyl (C=O) groups is 2. The number of hydrogen-bond acceptors (Lipinski definition) is 4. The lowest BCUT2D eigenvalue weighted by molar-refractivity contribution is -0.127. The highest BCUT2D eigenvalue weighted by atomic mass is 32.2. The van der Waals surface area contributed by atoms with E-state index in [1.54, 1.807) is 18.2 Å². The van der Waals surface area contributed by atoms with Crippen LogP contribution in [0.4, 0.5) is 5.69 Å². The van der Waals surface area contributed by atoms with Crippen molar-refractivity contribution in [1.29, 1.82) is 0 Å². The average molecular weight is 279 g/mol.